The molecule has 0 radical (unpaired) electrons. The van der Waals surface area contributed by atoms with Crippen LogP contribution in [0.4, 0.5) is 18.9 Å². The van der Waals surface area contributed by atoms with Gasteiger partial charge in [-0.3, -0.25) is 14.6 Å². The Bertz CT molecular complexity index is 1220. The highest BCUT2D eigenvalue weighted by atomic mass is 32.1. The molecule has 0 spiro atoms. The van der Waals surface area contributed by atoms with Crippen molar-refractivity contribution in [1.82, 2.24) is 14.5 Å². The van der Waals surface area contributed by atoms with Crippen LogP contribution in [0.5, 0.6) is 0 Å². The van der Waals surface area contributed by atoms with E-state index in [0.29, 0.717) is 19.6 Å². The summed E-state index contributed by atoms with van der Waals surface area (Å²) in [7, 11) is 0. The molecule has 2 unspecified atom stereocenters. The molecular formula is C25H26F3N5O2S. The Labute approximate surface area is 212 Å². The number of ether oxygens (including phenoxy) is 1. The van der Waals surface area contributed by atoms with E-state index in [1.54, 1.807) is 32.4 Å². The predicted molar refractivity (Wildman–Crippen MR) is 131 cm³/mol. The number of anilines is 1. The van der Waals surface area contributed by atoms with Gasteiger partial charge in [0.1, 0.15) is 11.3 Å². The van der Waals surface area contributed by atoms with Gasteiger partial charge in [-0.2, -0.15) is 18.4 Å². The van der Waals surface area contributed by atoms with E-state index in [0.717, 1.165) is 24.3 Å². The zero-order chi connectivity index (χ0) is 26.1. The molecule has 1 aromatic heterocycles. The SMILES string of the molecule is CC1(C)C(=O)N(c2ccc(C#N)c(C(F)(F)F)c2)C(S)N1CCCOC1=CCC(n2ccnc2)C=C1. The van der Waals surface area contributed by atoms with Crippen LogP contribution in [0.15, 0.2) is 60.9 Å². The van der Waals surface area contributed by atoms with E-state index in [1.165, 1.54) is 11.0 Å². The van der Waals surface area contributed by atoms with Crippen LogP contribution >= 0.6 is 12.6 Å². The Morgan fingerprint density at radius 3 is 2.72 bits per heavy atom. The molecule has 1 amide bonds. The topological polar surface area (TPSA) is 74.4 Å². The Balaban J connectivity index is 1.39. The quantitative estimate of drug-likeness (QED) is 0.418. The summed E-state index contributed by atoms with van der Waals surface area (Å²) < 4.78 is 48.3. The highest BCUT2D eigenvalue weighted by Crippen LogP contribution is 2.40. The van der Waals surface area contributed by atoms with Crippen molar-refractivity contribution < 1.29 is 22.7 Å². The average molecular weight is 518 g/mol. The lowest BCUT2D eigenvalue weighted by Gasteiger charge is -2.31. The minimum absolute atomic E-state index is 0.0445. The molecule has 1 aromatic carbocycles. The summed E-state index contributed by atoms with van der Waals surface area (Å²) in [5, 5.41) is 9.06. The van der Waals surface area contributed by atoms with Crippen LogP contribution in [0.1, 0.15) is 43.9 Å². The molecule has 2 atom stereocenters. The second kappa shape index (κ2) is 10.0. The number of imidazole rings is 1. The minimum atomic E-state index is -4.72. The van der Waals surface area contributed by atoms with Crippen LogP contribution < -0.4 is 4.90 Å². The van der Waals surface area contributed by atoms with Crippen LogP contribution in [0.25, 0.3) is 0 Å². The lowest BCUT2D eigenvalue weighted by atomic mass is 10.0. The number of halogens is 3. The number of aromatic nitrogens is 2. The number of nitrogens with zero attached hydrogens (tertiary/aromatic N) is 5. The van der Waals surface area contributed by atoms with Crippen molar-refractivity contribution >= 4 is 24.2 Å². The van der Waals surface area contributed by atoms with Gasteiger partial charge in [-0.1, -0.05) is 6.08 Å². The van der Waals surface area contributed by atoms with Crippen LogP contribution in [-0.4, -0.2) is 44.5 Å². The van der Waals surface area contributed by atoms with Crippen LogP contribution in [0.2, 0.25) is 0 Å². The number of benzene rings is 1. The average Bonchev–Trinajstić information content (AvgIpc) is 3.43. The Morgan fingerprint density at radius 2 is 2.11 bits per heavy atom. The molecule has 2 aromatic rings. The minimum Gasteiger partial charge on any atom is -0.494 e. The van der Waals surface area contributed by atoms with Gasteiger partial charge in [0, 0.05) is 24.6 Å². The first-order valence-corrected chi connectivity index (χ1v) is 11.9. The summed E-state index contributed by atoms with van der Waals surface area (Å²) in [5.74, 6) is 0.397. The van der Waals surface area contributed by atoms with E-state index in [2.05, 4.69) is 17.6 Å². The third kappa shape index (κ3) is 5.01. The molecule has 4 rings (SSSR count). The molecule has 0 saturated carbocycles. The molecule has 1 fully saturated rings. The predicted octanol–water partition coefficient (Wildman–Crippen LogP) is 4.91. The zero-order valence-corrected chi connectivity index (χ0v) is 20.7. The molecule has 1 aliphatic carbocycles. The Kier molecular flexibility index (Phi) is 7.20. The maximum absolute atomic E-state index is 13.5. The first-order chi connectivity index (χ1) is 17.0. The number of rotatable bonds is 7. The summed E-state index contributed by atoms with van der Waals surface area (Å²) in [4.78, 5) is 20.3. The van der Waals surface area contributed by atoms with Crippen molar-refractivity contribution in [1.29, 1.82) is 5.26 Å². The summed E-state index contributed by atoms with van der Waals surface area (Å²) in [5.41, 5.74) is -3.29. The number of nitriles is 1. The van der Waals surface area contributed by atoms with E-state index in [4.69, 9.17) is 10.00 Å². The van der Waals surface area contributed by atoms with Crippen LogP contribution in [0.3, 0.4) is 0 Å². The number of hydrogen-bond acceptors (Lipinski definition) is 6. The molecule has 36 heavy (non-hydrogen) atoms. The van der Waals surface area contributed by atoms with Gasteiger partial charge in [0.2, 0.25) is 5.91 Å². The highest BCUT2D eigenvalue weighted by molar-refractivity contribution is 7.81. The van der Waals surface area contributed by atoms with Crippen LogP contribution in [0, 0.1) is 11.3 Å². The number of alkyl halides is 3. The van der Waals surface area contributed by atoms with Crippen molar-refractivity contribution in [2.75, 3.05) is 18.1 Å². The molecule has 7 nitrogen and oxygen atoms in total. The fraction of sp³-hybridized carbons (Fsp3) is 0.400. The van der Waals surface area contributed by atoms with Gasteiger partial charge in [-0.05, 0) is 57.0 Å². The maximum Gasteiger partial charge on any atom is 0.417 e. The van der Waals surface area contributed by atoms with E-state index in [-0.39, 0.29) is 17.6 Å². The van der Waals surface area contributed by atoms with Crippen molar-refractivity contribution in [3.8, 4) is 6.07 Å². The van der Waals surface area contributed by atoms with Gasteiger partial charge in [-0.15, -0.1) is 12.6 Å². The molecule has 0 bridgehead atoms. The number of thiol groups is 1. The molecule has 2 heterocycles. The first kappa shape index (κ1) is 25.9. The molecule has 190 valence electrons. The van der Waals surface area contributed by atoms with Gasteiger partial charge in [-0.25, -0.2) is 4.98 Å². The third-order valence-electron chi connectivity index (χ3n) is 6.44. The molecule has 11 heteroatoms. The Morgan fingerprint density at radius 1 is 1.33 bits per heavy atom. The molecular weight excluding hydrogens is 491 g/mol. The number of allylic oxidation sites excluding steroid dienone is 3. The number of hydrogen-bond donors (Lipinski definition) is 1. The van der Waals surface area contributed by atoms with Crippen molar-refractivity contribution in [3.63, 3.8) is 0 Å². The lowest BCUT2D eigenvalue weighted by Crippen LogP contribution is -2.45. The number of carbonyl (C=O) groups excluding carboxylic acids is 1. The van der Waals surface area contributed by atoms with E-state index >= 15 is 0 Å². The largest absolute Gasteiger partial charge is 0.494 e. The van der Waals surface area contributed by atoms with Gasteiger partial charge >= 0.3 is 6.18 Å². The summed E-state index contributed by atoms with van der Waals surface area (Å²) in [6.45, 7) is 4.29. The maximum atomic E-state index is 13.5. The van der Waals surface area contributed by atoms with Gasteiger partial charge in [0.25, 0.3) is 0 Å². The van der Waals surface area contributed by atoms with E-state index < -0.39 is 28.3 Å². The standard InChI is InChI=1S/C25H26F3N5O2S/c1-24(2)22(34)33(19-5-4-17(15-29)21(14-19)25(26,27)28)23(36)32(24)11-3-13-35-20-8-6-18(7-9-20)31-12-10-30-16-31/h4-6,8-10,12,14,16,18,23,36H,3,7,11,13H2,1-2H3. The van der Waals surface area contributed by atoms with Crippen molar-refractivity contribution in [2.24, 2.45) is 0 Å². The lowest BCUT2D eigenvalue weighted by molar-refractivity contribution is -0.137. The Hall–Kier alpha value is -3.23. The second-order valence-corrected chi connectivity index (χ2v) is 9.56. The second-order valence-electron chi connectivity index (χ2n) is 9.09. The van der Waals surface area contributed by atoms with E-state index in [9.17, 15) is 18.0 Å². The van der Waals surface area contributed by atoms with Gasteiger partial charge in [0.15, 0.2) is 0 Å². The fourth-order valence-corrected chi connectivity index (χ4v) is 5.06. The number of carbonyl (C=O) groups is 1. The summed E-state index contributed by atoms with van der Waals surface area (Å²) in [6.07, 6.45) is 8.05. The smallest absolute Gasteiger partial charge is 0.417 e. The summed E-state index contributed by atoms with van der Waals surface area (Å²) >= 11 is 4.58. The van der Waals surface area contributed by atoms with Crippen LogP contribution in [-0.2, 0) is 15.7 Å². The molecule has 2 aliphatic rings. The van der Waals surface area contributed by atoms with Gasteiger partial charge < -0.3 is 9.30 Å². The molecule has 1 saturated heterocycles. The number of amides is 1. The summed E-state index contributed by atoms with van der Waals surface area (Å²) in [6, 6.07) is 5.02. The normalized spacial score (nSPS) is 22.0. The van der Waals surface area contributed by atoms with Gasteiger partial charge in [0.05, 0.1) is 41.7 Å². The highest BCUT2D eigenvalue weighted by Gasteiger charge is 2.51. The van der Waals surface area contributed by atoms with E-state index in [1.807, 2.05) is 33.9 Å². The third-order valence-corrected chi connectivity index (χ3v) is 6.95. The molecule has 0 N–H and O–H groups in total. The fourth-order valence-electron chi connectivity index (χ4n) is 4.42. The molecule has 1 aliphatic heterocycles. The monoisotopic (exact) mass is 517 g/mol. The van der Waals surface area contributed by atoms with Crippen molar-refractivity contribution in [3.05, 3.63) is 72.0 Å². The van der Waals surface area contributed by atoms with Crippen molar-refractivity contribution in [2.45, 2.75) is 49.9 Å². The zero-order valence-electron chi connectivity index (χ0n) is 19.8. The first-order valence-electron chi connectivity index (χ1n) is 11.4.